The van der Waals surface area contributed by atoms with Gasteiger partial charge in [-0.3, -0.25) is 4.79 Å². The molecule has 1 heterocycles. The van der Waals surface area contributed by atoms with E-state index in [1.54, 1.807) is 11.0 Å². The maximum absolute atomic E-state index is 12.5. The van der Waals surface area contributed by atoms with E-state index in [4.69, 9.17) is 0 Å². The molecule has 3 aromatic rings. The Morgan fingerprint density at radius 1 is 1.08 bits per heavy atom. The topological polar surface area (TPSA) is 59.8 Å². The first-order valence-electron chi connectivity index (χ1n) is 8.53. The molecule has 1 aliphatic rings. The molecule has 5 heteroatoms. The minimum Gasteiger partial charge on any atom is -0.352 e. The minimum absolute atomic E-state index is 0.102. The third kappa shape index (κ3) is 3.60. The summed E-state index contributed by atoms with van der Waals surface area (Å²) in [5.74, 6) is 0.612. The third-order valence-corrected chi connectivity index (χ3v) is 4.73. The van der Waals surface area contributed by atoms with Crippen molar-refractivity contribution in [3.05, 3.63) is 83.9 Å². The van der Waals surface area contributed by atoms with E-state index in [9.17, 15) is 4.79 Å². The molecule has 1 fully saturated rings. The van der Waals surface area contributed by atoms with E-state index < -0.39 is 0 Å². The van der Waals surface area contributed by atoms with Gasteiger partial charge in [0.15, 0.2) is 0 Å². The summed E-state index contributed by atoms with van der Waals surface area (Å²) in [6.45, 7) is 1.20. The molecule has 2 atom stereocenters. The molecule has 4 rings (SSSR count). The first-order valence-corrected chi connectivity index (χ1v) is 8.53. The van der Waals surface area contributed by atoms with Crippen molar-refractivity contribution in [1.29, 1.82) is 0 Å². The van der Waals surface area contributed by atoms with Crippen LogP contribution < -0.4 is 5.32 Å². The maximum atomic E-state index is 12.5. The van der Waals surface area contributed by atoms with Crippen molar-refractivity contribution in [1.82, 2.24) is 20.1 Å². The molecule has 0 saturated heterocycles. The van der Waals surface area contributed by atoms with E-state index in [-0.39, 0.29) is 11.8 Å². The van der Waals surface area contributed by atoms with E-state index in [1.165, 1.54) is 11.9 Å². The van der Waals surface area contributed by atoms with Crippen LogP contribution in [0.3, 0.4) is 0 Å². The second-order valence-corrected chi connectivity index (χ2v) is 6.44. The fourth-order valence-electron chi connectivity index (χ4n) is 3.24. The van der Waals surface area contributed by atoms with Crippen molar-refractivity contribution < 1.29 is 4.79 Å². The number of benzene rings is 2. The standard InChI is InChI=1S/C20H20N4O/c25-20(19-10-18(19)15-6-2-1-3-7-15)22-11-16-8-4-5-9-17(16)12-24-14-21-13-23-24/h1-9,13-14,18-19H,10-12H2,(H,22,25)/t18-,19-/m0/s1. The van der Waals surface area contributed by atoms with Crippen molar-refractivity contribution in [3.63, 3.8) is 0 Å². The number of hydrogen-bond donors (Lipinski definition) is 1. The maximum Gasteiger partial charge on any atom is 0.224 e. The lowest BCUT2D eigenvalue weighted by atomic mass is 10.1. The Labute approximate surface area is 146 Å². The fraction of sp³-hybridized carbons (Fsp3) is 0.250. The number of amides is 1. The molecule has 1 amide bonds. The molecule has 0 bridgehead atoms. The number of rotatable bonds is 6. The normalized spacial score (nSPS) is 18.7. The van der Waals surface area contributed by atoms with Gasteiger partial charge >= 0.3 is 0 Å². The second kappa shape index (κ2) is 6.89. The van der Waals surface area contributed by atoms with Gasteiger partial charge in [-0.1, -0.05) is 54.6 Å². The number of carbonyl (C=O) groups is 1. The predicted molar refractivity (Wildman–Crippen MR) is 94.7 cm³/mol. The molecule has 1 aromatic heterocycles. The molecule has 126 valence electrons. The van der Waals surface area contributed by atoms with Gasteiger partial charge in [0.05, 0.1) is 6.54 Å². The molecule has 0 radical (unpaired) electrons. The summed E-state index contributed by atoms with van der Waals surface area (Å²) in [6.07, 6.45) is 4.17. The van der Waals surface area contributed by atoms with Crippen molar-refractivity contribution in [2.75, 3.05) is 0 Å². The molecule has 0 aliphatic heterocycles. The van der Waals surface area contributed by atoms with Crippen LogP contribution in [0.5, 0.6) is 0 Å². The van der Waals surface area contributed by atoms with E-state index in [0.717, 1.165) is 17.5 Å². The molecular formula is C20H20N4O. The number of nitrogens with one attached hydrogen (secondary N) is 1. The number of nitrogens with zero attached hydrogens (tertiary/aromatic N) is 3. The predicted octanol–water partition coefficient (Wildman–Crippen LogP) is 2.75. The summed E-state index contributed by atoms with van der Waals surface area (Å²) in [6, 6.07) is 18.4. The summed E-state index contributed by atoms with van der Waals surface area (Å²) in [5.41, 5.74) is 3.51. The van der Waals surface area contributed by atoms with Crippen LogP contribution in [0.1, 0.15) is 29.0 Å². The van der Waals surface area contributed by atoms with Gasteiger partial charge in [0, 0.05) is 12.5 Å². The van der Waals surface area contributed by atoms with Gasteiger partial charge in [-0.25, -0.2) is 9.67 Å². The summed E-state index contributed by atoms with van der Waals surface area (Å²) in [4.78, 5) is 16.4. The molecule has 1 aliphatic carbocycles. The SMILES string of the molecule is O=C(NCc1ccccc1Cn1cncn1)[C@H]1C[C@H]1c1ccccc1. The zero-order valence-electron chi connectivity index (χ0n) is 13.9. The van der Waals surface area contributed by atoms with Gasteiger partial charge in [0.2, 0.25) is 5.91 Å². The van der Waals surface area contributed by atoms with Gasteiger partial charge in [-0.2, -0.15) is 5.10 Å². The Hall–Kier alpha value is -2.95. The first-order chi connectivity index (χ1) is 12.3. The van der Waals surface area contributed by atoms with Gasteiger partial charge in [0.1, 0.15) is 12.7 Å². The second-order valence-electron chi connectivity index (χ2n) is 6.44. The van der Waals surface area contributed by atoms with Crippen molar-refractivity contribution in [3.8, 4) is 0 Å². The molecule has 1 saturated carbocycles. The quantitative estimate of drug-likeness (QED) is 0.755. The zero-order chi connectivity index (χ0) is 17.1. The fourth-order valence-corrected chi connectivity index (χ4v) is 3.24. The van der Waals surface area contributed by atoms with E-state index in [1.807, 2.05) is 36.4 Å². The van der Waals surface area contributed by atoms with Crippen molar-refractivity contribution in [2.45, 2.75) is 25.4 Å². The van der Waals surface area contributed by atoms with Gasteiger partial charge < -0.3 is 5.32 Å². The van der Waals surface area contributed by atoms with Gasteiger partial charge in [-0.05, 0) is 29.0 Å². The third-order valence-electron chi connectivity index (χ3n) is 4.73. The van der Waals surface area contributed by atoms with E-state index in [0.29, 0.717) is 19.0 Å². The van der Waals surface area contributed by atoms with Crippen LogP contribution in [0.25, 0.3) is 0 Å². The lowest BCUT2D eigenvalue weighted by Gasteiger charge is -2.11. The molecule has 0 unspecified atom stereocenters. The zero-order valence-corrected chi connectivity index (χ0v) is 13.9. The van der Waals surface area contributed by atoms with Crippen LogP contribution in [0, 0.1) is 5.92 Å². The molecule has 2 aromatic carbocycles. The van der Waals surface area contributed by atoms with Crippen LogP contribution >= 0.6 is 0 Å². The van der Waals surface area contributed by atoms with Gasteiger partial charge in [0.25, 0.3) is 0 Å². The highest BCUT2D eigenvalue weighted by Gasteiger charge is 2.43. The monoisotopic (exact) mass is 332 g/mol. The van der Waals surface area contributed by atoms with Gasteiger partial charge in [-0.15, -0.1) is 0 Å². The van der Waals surface area contributed by atoms with Crippen LogP contribution in [-0.4, -0.2) is 20.7 Å². The minimum atomic E-state index is 0.102. The summed E-state index contributed by atoms with van der Waals surface area (Å²) in [5, 5.41) is 7.24. The highest BCUT2D eigenvalue weighted by molar-refractivity contribution is 5.82. The first kappa shape index (κ1) is 15.6. The number of carbonyl (C=O) groups excluding carboxylic acids is 1. The van der Waals surface area contributed by atoms with Crippen LogP contribution in [0.2, 0.25) is 0 Å². The highest BCUT2D eigenvalue weighted by atomic mass is 16.2. The Bertz CT molecular complexity index is 845. The number of aromatic nitrogens is 3. The smallest absolute Gasteiger partial charge is 0.224 e. The summed E-state index contributed by atoms with van der Waals surface area (Å²) >= 11 is 0. The van der Waals surface area contributed by atoms with Crippen LogP contribution in [0.15, 0.2) is 67.3 Å². The van der Waals surface area contributed by atoms with Crippen molar-refractivity contribution in [2.24, 2.45) is 5.92 Å². The lowest BCUT2D eigenvalue weighted by Crippen LogP contribution is -2.25. The Kier molecular flexibility index (Phi) is 4.29. The lowest BCUT2D eigenvalue weighted by molar-refractivity contribution is -0.122. The Morgan fingerprint density at radius 3 is 2.60 bits per heavy atom. The molecule has 25 heavy (non-hydrogen) atoms. The Morgan fingerprint density at radius 2 is 1.84 bits per heavy atom. The summed E-state index contributed by atoms with van der Waals surface area (Å²) < 4.78 is 1.78. The molecule has 0 spiro atoms. The van der Waals surface area contributed by atoms with Crippen molar-refractivity contribution >= 4 is 5.91 Å². The highest BCUT2D eigenvalue weighted by Crippen LogP contribution is 2.47. The summed E-state index contributed by atoms with van der Waals surface area (Å²) in [7, 11) is 0. The van der Waals surface area contributed by atoms with E-state index >= 15 is 0 Å². The average molecular weight is 332 g/mol. The largest absolute Gasteiger partial charge is 0.352 e. The van der Waals surface area contributed by atoms with E-state index in [2.05, 4.69) is 33.6 Å². The molecule has 5 nitrogen and oxygen atoms in total. The molecule has 1 N–H and O–H groups in total. The van der Waals surface area contributed by atoms with Crippen LogP contribution in [-0.2, 0) is 17.9 Å². The Balaban J connectivity index is 1.37. The molecular weight excluding hydrogens is 312 g/mol. The van der Waals surface area contributed by atoms with Crippen LogP contribution in [0.4, 0.5) is 0 Å². The average Bonchev–Trinajstić information content (AvgIpc) is 3.30. The number of hydrogen-bond acceptors (Lipinski definition) is 3.